The van der Waals surface area contributed by atoms with Crippen LogP contribution in [0.2, 0.25) is 5.02 Å². The summed E-state index contributed by atoms with van der Waals surface area (Å²) >= 11 is 6.30. The smallest absolute Gasteiger partial charge is 0.290 e. The number of rotatable bonds is 4. The van der Waals surface area contributed by atoms with Gasteiger partial charge in [0, 0.05) is 38.8 Å². The summed E-state index contributed by atoms with van der Waals surface area (Å²) in [5.74, 6) is -0.374. The second-order valence-corrected chi connectivity index (χ2v) is 8.64. The fraction of sp³-hybridized carbons (Fsp3) is 0.353. The molecule has 1 fully saturated rings. The Balaban J connectivity index is 0.00000261. The van der Waals surface area contributed by atoms with Crippen molar-refractivity contribution >= 4 is 39.9 Å². The minimum Gasteiger partial charge on any atom is -0.438 e. The molecule has 10 heteroatoms. The van der Waals surface area contributed by atoms with Crippen molar-refractivity contribution in [2.24, 2.45) is 0 Å². The Kier molecular flexibility index (Phi) is 6.93. The van der Waals surface area contributed by atoms with Crippen molar-refractivity contribution < 1.29 is 17.6 Å². The molecule has 7 nitrogen and oxygen atoms in total. The lowest BCUT2D eigenvalue weighted by atomic mass is 10.0. The second kappa shape index (κ2) is 8.62. The molecule has 1 atom stereocenters. The van der Waals surface area contributed by atoms with E-state index in [0.29, 0.717) is 24.7 Å². The molecule has 1 aliphatic rings. The predicted octanol–water partition coefficient (Wildman–Crippen LogP) is 2.39. The lowest BCUT2D eigenvalue weighted by molar-refractivity contribution is 0.0596. The number of carbonyl (C=O) groups excluding carboxylic acids is 1. The molecule has 27 heavy (non-hydrogen) atoms. The molecule has 1 saturated heterocycles. The van der Waals surface area contributed by atoms with E-state index in [9.17, 15) is 13.2 Å². The Morgan fingerprint density at radius 1 is 1.26 bits per heavy atom. The summed E-state index contributed by atoms with van der Waals surface area (Å²) in [5, 5.41) is 3.58. The van der Waals surface area contributed by atoms with Gasteiger partial charge in [0.25, 0.3) is 15.9 Å². The topological polar surface area (TPSA) is 82.9 Å². The number of nitrogens with one attached hydrogen (secondary N) is 1. The molecule has 1 unspecified atom stereocenters. The van der Waals surface area contributed by atoms with Crippen LogP contribution in [0.5, 0.6) is 0 Å². The molecule has 0 spiro atoms. The Morgan fingerprint density at radius 3 is 2.63 bits per heavy atom. The number of nitrogens with zero attached hydrogens (tertiary/aromatic N) is 2. The maximum absolute atomic E-state index is 13.0. The Labute approximate surface area is 169 Å². The van der Waals surface area contributed by atoms with Crippen molar-refractivity contribution in [1.29, 1.82) is 0 Å². The highest BCUT2D eigenvalue weighted by Gasteiger charge is 2.32. The van der Waals surface area contributed by atoms with Crippen molar-refractivity contribution in [2.75, 3.05) is 33.7 Å². The first-order valence-electron chi connectivity index (χ1n) is 8.11. The summed E-state index contributed by atoms with van der Waals surface area (Å²) in [6.45, 7) is 1.65. The largest absolute Gasteiger partial charge is 0.438 e. The van der Waals surface area contributed by atoms with E-state index >= 15 is 0 Å². The molecule has 0 saturated carbocycles. The van der Waals surface area contributed by atoms with Gasteiger partial charge < -0.3 is 14.6 Å². The number of furan rings is 1. The van der Waals surface area contributed by atoms with Crippen molar-refractivity contribution in [3.05, 3.63) is 52.7 Å². The lowest BCUT2D eigenvalue weighted by Crippen LogP contribution is -2.48. The normalized spacial score (nSPS) is 17.6. The van der Waals surface area contributed by atoms with Gasteiger partial charge in [0.2, 0.25) is 5.09 Å². The fourth-order valence-corrected chi connectivity index (χ4v) is 3.92. The van der Waals surface area contributed by atoms with Crippen LogP contribution >= 0.6 is 24.0 Å². The average Bonchev–Trinajstić information content (AvgIpc) is 3.12. The number of benzene rings is 1. The van der Waals surface area contributed by atoms with Crippen LogP contribution in [0.15, 0.2) is 45.9 Å². The molecule has 0 aliphatic carbocycles. The van der Waals surface area contributed by atoms with Gasteiger partial charge in [0.05, 0.1) is 6.04 Å². The molecule has 1 N–H and O–H groups in total. The quantitative estimate of drug-likeness (QED) is 0.799. The second-order valence-electron chi connectivity index (χ2n) is 6.15. The maximum atomic E-state index is 13.0. The van der Waals surface area contributed by atoms with E-state index in [-0.39, 0.29) is 35.2 Å². The first-order valence-corrected chi connectivity index (χ1v) is 9.92. The van der Waals surface area contributed by atoms with Gasteiger partial charge in [-0.3, -0.25) is 4.79 Å². The van der Waals surface area contributed by atoms with Gasteiger partial charge in [-0.2, -0.15) is 0 Å². The van der Waals surface area contributed by atoms with E-state index in [1.807, 2.05) is 18.2 Å². The summed E-state index contributed by atoms with van der Waals surface area (Å²) in [5.41, 5.74) is 0.836. The summed E-state index contributed by atoms with van der Waals surface area (Å²) in [7, 11) is -0.919. The van der Waals surface area contributed by atoms with Crippen LogP contribution in [0.1, 0.15) is 22.2 Å². The molecule has 148 valence electrons. The Bertz CT molecular complexity index is 914. The zero-order valence-electron chi connectivity index (χ0n) is 14.9. The van der Waals surface area contributed by atoms with Gasteiger partial charge in [-0.05, 0) is 23.8 Å². The minimum atomic E-state index is -3.73. The third kappa shape index (κ3) is 4.30. The van der Waals surface area contributed by atoms with E-state index < -0.39 is 10.0 Å². The maximum Gasteiger partial charge on any atom is 0.290 e. The van der Waals surface area contributed by atoms with Crippen LogP contribution in [-0.2, 0) is 10.0 Å². The van der Waals surface area contributed by atoms with Crippen molar-refractivity contribution in [3.63, 3.8) is 0 Å². The van der Waals surface area contributed by atoms with Crippen LogP contribution in [0.25, 0.3) is 0 Å². The molecule has 3 rings (SSSR count). The number of piperazine rings is 1. The fourth-order valence-electron chi connectivity index (χ4n) is 2.87. The molecule has 2 aromatic rings. The Hall–Kier alpha value is -1.58. The van der Waals surface area contributed by atoms with E-state index in [1.165, 1.54) is 26.2 Å². The van der Waals surface area contributed by atoms with Gasteiger partial charge >= 0.3 is 0 Å². The van der Waals surface area contributed by atoms with Gasteiger partial charge in [-0.1, -0.05) is 29.8 Å². The standard InChI is InChI=1S/C17H20ClN3O4S.ClH/c1-20(2)26(23,24)16-8-7-15(25-16)17(22)21-10-9-19-11-14(21)12-5-3-4-6-13(12)18;/h3-8,14,19H,9-11H2,1-2H3;1H. The van der Waals surface area contributed by atoms with Crippen LogP contribution in [0.3, 0.4) is 0 Å². The zero-order chi connectivity index (χ0) is 18.9. The summed E-state index contributed by atoms with van der Waals surface area (Å²) in [6.07, 6.45) is 0. The number of hydrogen-bond donors (Lipinski definition) is 1. The lowest BCUT2D eigenvalue weighted by Gasteiger charge is -2.36. The van der Waals surface area contributed by atoms with Crippen molar-refractivity contribution in [2.45, 2.75) is 11.1 Å². The molecule has 1 aromatic carbocycles. The molecule has 2 heterocycles. The van der Waals surface area contributed by atoms with Gasteiger partial charge in [0.1, 0.15) is 0 Å². The first kappa shape index (κ1) is 21.7. The monoisotopic (exact) mass is 433 g/mol. The summed E-state index contributed by atoms with van der Waals surface area (Å²) in [6, 6.07) is 9.79. The third-order valence-electron chi connectivity index (χ3n) is 4.30. The Morgan fingerprint density at radius 2 is 1.96 bits per heavy atom. The van der Waals surface area contributed by atoms with Crippen LogP contribution in [0.4, 0.5) is 0 Å². The molecular weight excluding hydrogens is 413 g/mol. The predicted molar refractivity (Wildman–Crippen MR) is 105 cm³/mol. The van der Waals surface area contributed by atoms with Gasteiger partial charge in [-0.25, -0.2) is 12.7 Å². The summed E-state index contributed by atoms with van der Waals surface area (Å²) < 4.78 is 30.7. The number of sulfonamides is 1. The average molecular weight is 434 g/mol. The van der Waals surface area contributed by atoms with Crippen LogP contribution in [0, 0.1) is 0 Å². The number of hydrogen-bond acceptors (Lipinski definition) is 5. The van der Waals surface area contributed by atoms with E-state index in [0.717, 1.165) is 9.87 Å². The van der Waals surface area contributed by atoms with E-state index in [1.54, 1.807) is 11.0 Å². The molecular formula is C17H21Cl2N3O4S. The van der Waals surface area contributed by atoms with E-state index in [2.05, 4.69) is 5.32 Å². The van der Waals surface area contributed by atoms with Crippen LogP contribution in [-0.4, -0.2) is 57.3 Å². The van der Waals surface area contributed by atoms with Crippen LogP contribution < -0.4 is 5.32 Å². The number of carbonyl (C=O) groups is 1. The van der Waals surface area contributed by atoms with Gasteiger partial charge in [0.15, 0.2) is 5.76 Å². The third-order valence-corrected chi connectivity index (χ3v) is 6.33. The van der Waals surface area contributed by atoms with Crippen molar-refractivity contribution in [3.8, 4) is 0 Å². The van der Waals surface area contributed by atoms with Crippen molar-refractivity contribution in [1.82, 2.24) is 14.5 Å². The van der Waals surface area contributed by atoms with E-state index in [4.69, 9.17) is 16.0 Å². The molecule has 0 bridgehead atoms. The molecule has 1 aliphatic heterocycles. The number of halogens is 2. The molecule has 1 aromatic heterocycles. The first-order chi connectivity index (χ1) is 12.3. The molecule has 0 radical (unpaired) electrons. The highest BCUT2D eigenvalue weighted by molar-refractivity contribution is 7.88. The SMILES string of the molecule is CN(C)S(=O)(=O)c1ccc(C(=O)N2CCNCC2c2ccccc2Cl)o1.Cl. The van der Waals surface area contributed by atoms with Gasteiger partial charge in [-0.15, -0.1) is 12.4 Å². The number of amides is 1. The molecule has 1 amide bonds. The zero-order valence-corrected chi connectivity index (χ0v) is 17.3. The highest BCUT2D eigenvalue weighted by atomic mass is 35.5. The highest BCUT2D eigenvalue weighted by Crippen LogP contribution is 2.30. The summed E-state index contributed by atoms with van der Waals surface area (Å²) in [4.78, 5) is 14.6. The minimum absolute atomic E-state index is 0.